The second-order valence-corrected chi connectivity index (χ2v) is 8.04. The van der Waals surface area contributed by atoms with Gasteiger partial charge in [0.1, 0.15) is 10.8 Å². The Balaban J connectivity index is 1.54. The maximum Gasteiger partial charge on any atom is 0.211 e. The van der Waals surface area contributed by atoms with Crippen LogP contribution in [0.25, 0.3) is 22.2 Å². The zero-order valence-corrected chi connectivity index (χ0v) is 16.9. The minimum Gasteiger partial charge on any atom is -0.315 e. The fourth-order valence-corrected chi connectivity index (χ4v) is 3.47. The second-order valence-electron chi connectivity index (χ2n) is 6.86. The highest BCUT2D eigenvalue weighted by Crippen LogP contribution is 2.24. The van der Waals surface area contributed by atoms with Crippen molar-refractivity contribution in [3.05, 3.63) is 41.8 Å². The molecule has 0 fully saturated rings. The van der Waals surface area contributed by atoms with Crippen molar-refractivity contribution in [3.8, 4) is 11.1 Å². The highest BCUT2D eigenvalue weighted by molar-refractivity contribution is 7.15. The summed E-state index contributed by atoms with van der Waals surface area (Å²) in [6.45, 7) is 3.86. The Labute approximate surface area is 167 Å². The van der Waals surface area contributed by atoms with E-state index in [4.69, 9.17) is 0 Å². The third-order valence-electron chi connectivity index (χ3n) is 4.26. The minimum absolute atomic E-state index is 0.724. The molecule has 0 spiro atoms. The lowest BCUT2D eigenvalue weighted by Gasteiger charge is -2.08. The molecule has 0 atom stereocenters. The van der Waals surface area contributed by atoms with E-state index in [1.807, 2.05) is 42.2 Å². The third kappa shape index (κ3) is 4.32. The molecule has 28 heavy (non-hydrogen) atoms. The van der Waals surface area contributed by atoms with Crippen LogP contribution < -0.4 is 5.32 Å². The van der Waals surface area contributed by atoms with Crippen molar-refractivity contribution in [3.63, 3.8) is 0 Å². The highest BCUT2D eigenvalue weighted by Gasteiger charge is 2.07. The maximum absolute atomic E-state index is 4.67. The van der Waals surface area contributed by atoms with Crippen LogP contribution in [0.2, 0.25) is 0 Å². The van der Waals surface area contributed by atoms with Crippen molar-refractivity contribution in [2.75, 3.05) is 26.0 Å². The topological polar surface area (TPSA) is 84.7 Å². The molecule has 4 heterocycles. The number of hydrogen-bond acceptors (Lipinski definition) is 8. The fraction of sp³-hybridized carbons (Fsp3) is 0.316. The van der Waals surface area contributed by atoms with Gasteiger partial charge in [-0.25, -0.2) is 4.98 Å². The first-order valence-corrected chi connectivity index (χ1v) is 9.90. The summed E-state index contributed by atoms with van der Waals surface area (Å²) in [6, 6.07) is 5.89. The summed E-state index contributed by atoms with van der Waals surface area (Å²) in [5.41, 5.74) is 3.71. The maximum atomic E-state index is 4.67. The Bertz CT molecular complexity index is 1080. The van der Waals surface area contributed by atoms with Crippen molar-refractivity contribution < 1.29 is 0 Å². The highest BCUT2D eigenvalue weighted by atomic mass is 32.1. The van der Waals surface area contributed by atoms with Gasteiger partial charge in [0.25, 0.3) is 0 Å². The predicted molar refractivity (Wildman–Crippen MR) is 112 cm³/mol. The van der Waals surface area contributed by atoms with E-state index in [2.05, 4.69) is 55.8 Å². The summed E-state index contributed by atoms with van der Waals surface area (Å²) >= 11 is 1.50. The number of nitrogens with one attached hydrogen (secondary N) is 1. The van der Waals surface area contributed by atoms with Crippen LogP contribution in [0.5, 0.6) is 0 Å². The Morgan fingerprint density at radius 3 is 2.79 bits per heavy atom. The molecule has 0 aliphatic rings. The van der Waals surface area contributed by atoms with Gasteiger partial charge in [-0.2, -0.15) is 5.10 Å². The van der Waals surface area contributed by atoms with E-state index in [1.165, 1.54) is 11.3 Å². The van der Waals surface area contributed by atoms with Crippen molar-refractivity contribution in [2.24, 2.45) is 0 Å². The van der Waals surface area contributed by atoms with E-state index in [9.17, 15) is 0 Å². The number of aromatic nitrogens is 6. The molecular weight excluding hydrogens is 372 g/mol. The minimum atomic E-state index is 0.724. The Morgan fingerprint density at radius 2 is 2.00 bits per heavy atom. The van der Waals surface area contributed by atoms with E-state index in [0.29, 0.717) is 0 Å². The van der Waals surface area contributed by atoms with Crippen molar-refractivity contribution in [2.45, 2.75) is 19.9 Å². The quantitative estimate of drug-likeness (QED) is 0.514. The molecule has 4 rings (SSSR count). The zero-order chi connectivity index (χ0) is 19.5. The molecule has 0 saturated heterocycles. The number of aryl methyl sites for hydroxylation is 2. The van der Waals surface area contributed by atoms with Crippen LogP contribution in [0, 0.1) is 6.92 Å². The number of rotatable bonds is 7. The average molecular weight is 395 g/mol. The Hall–Kier alpha value is -2.91. The normalized spacial score (nSPS) is 11.4. The van der Waals surface area contributed by atoms with Gasteiger partial charge in [0.15, 0.2) is 0 Å². The number of nitrogens with zero attached hydrogens (tertiary/aromatic N) is 7. The first kappa shape index (κ1) is 18.5. The van der Waals surface area contributed by atoms with E-state index >= 15 is 0 Å². The summed E-state index contributed by atoms with van der Waals surface area (Å²) < 4.78 is 1.98. The summed E-state index contributed by atoms with van der Waals surface area (Å²) in [6.07, 6.45) is 6.87. The molecule has 0 aromatic carbocycles. The van der Waals surface area contributed by atoms with E-state index in [-0.39, 0.29) is 0 Å². The van der Waals surface area contributed by atoms with Crippen LogP contribution in [0.15, 0.2) is 36.8 Å². The lowest BCUT2D eigenvalue weighted by molar-refractivity contribution is 0.380. The van der Waals surface area contributed by atoms with Crippen LogP contribution in [0.4, 0.5) is 10.9 Å². The van der Waals surface area contributed by atoms with Gasteiger partial charge in [-0.05, 0) is 52.2 Å². The van der Waals surface area contributed by atoms with Crippen LogP contribution in [-0.2, 0) is 6.54 Å². The molecule has 9 heteroatoms. The summed E-state index contributed by atoms with van der Waals surface area (Å²) in [5, 5.41) is 17.4. The SMILES string of the molecule is Cc1nnc(Nc2ccc3ncc(-c4cnn(CCCN(C)C)c4)cc3n2)s1. The number of anilines is 2. The van der Waals surface area contributed by atoms with E-state index in [1.54, 1.807) is 0 Å². The van der Waals surface area contributed by atoms with Gasteiger partial charge in [0.2, 0.25) is 5.13 Å². The number of pyridine rings is 2. The van der Waals surface area contributed by atoms with Gasteiger partial charge in [-0.15, -0.1) is 10.2 Å². The molecule has 1 N–H and O–H groups in total. The lowest BCUT2D eigenvalue weighted by atomic mass is 10.1. The largest absolute Gasteiger partial charge is 0.315 e. The molecule has 0 aliphatic heterocycles. The second kappa shape index (κ2) is 7.99. The molecule has 0 saturated carbocycles. The average Bonchev–Trinajstić information content (AvgIpc) is 3.30. The Kier molecular flexibility index (Phi) is 5.27. The summed E-state index contributed by atoms with van der Waals surface area (Å²) in [5.74, 6) is 0.724. The van der Waals surface area contributed by atoms with Crippen LogP contribution >= 0.6 is 11.3 Å². The van der Waals surface area contributed by atoms with Crippen LogP contribution in [-0.4, -0.2) is 55.5 Å². The number of fused-ring (bicyclic) bond motifs is 1. The van der Waals surface area contributed by atoms with E-state index in [0.717, 1.165) is 57.6 Å². The van der Waals surface area contributed by atoms with Crippen LogP contribution in [0.3, 0.4) is 0 Å². The van der Waals surface area contributed by atoms with Gasteiger partial charge in [0.05, 0.1) is 17.2 Å². The molecule has 0 radical (unpaired) electrons. The zero-order valence-electron chi connectivity index (χ0n) is 16.1. The monoisotopic (exact) mass is 394 g/mol. The summed E-state index contributed by atoms with van der Waals surface area (Å²) in [4.78, 5) is 11.4. The first-order chi connectivity index (χ1) is 13.6. The van der Waals surface area contributed by atoms with Gasteiger partial charge in [-0.3, -0.25) is 9.67 Å². The predicted octanol–water partition coefficient (Wildman–Crippen LogP) is 3.35. The van der Waals surface area contributed by atoms with Crippen LogP contribution in [0.1, 0.15) is 11.4 Å². The van der Waals surface area contributed by atoms with Gasteiger partial charge in [-0.1, -0.05) is 11.3 Å². The molecule has 4 aromatic heterocycles. The molecule has 0 unspecified atom stereocenters. The van der Waals surface area contributed by atoms with Gasteiger partial charge >= 0.3 is 0 Å². The third-order valence-corrected chi connectivity index (χ3v) is 5.01. The van der Waals surface area contributed by atoms with Crippen molar-refractivity contribution in [1.29, 1.82) is 0 Å². The molecule has 0 aliphatic carbocycles. The van der Waals surface area contributed by atoms with E-state index < -0.39 is 0 Å². The molecule has 8 nitrogen and oxygen atoms in total. The Morgan fingerprint density at radius 1 is 1.11 bits per heavy atom. The molecular formula is C19H22N8S. The molecule has 0 bridgehead atoms. The fourth-order valence-electron chi connectivity index (χ4n) is 2.87. The number of hydrogen-bond donors (Lipinski definition) is 1. The first-order valence-electron chi connectivity index (χ1n) is 9.08. The van der Waals surface area contributed by atoms with Gasteiger partial charge < -0.3 is 10.2 Å². The molecule has 144 valence electrons. The summed E-state index contributed by atoms with van der Waals surface area (Å²) in [7, 11) is 4.16. The lowest BCUT2D eigenvalue weighted by Crippen LogP contribution is -2.15. The van der Waals surface area contributed by atoms with Crippen molar-refractivity contribution in [1.82, 2.24) is 34.8 Å². The standard InChI is InChI=1S/C19H22N8S/c1-13-24-25-19(28-13)23-18-6-5-16-17(22-18)9-14(10-20-16)15-11-21-27(12-15)8-4-7-26(2)3/h5-6,9-12H,4,7-8H2,1-3H3,(H,22,23,25). The molecule has 4 aromatic rings. The smallest absolute Gasteiger partial charge is 0.211 e. The van der Waals surface area contributed by atoms with Crippen molar-refractivity contribution >= 4 is 33.3 Å². The molecule has 0 amide bonds. The van der Waals surface area contributed by atoms with Gasteiger partial charge in [0, 0.05) is 30.1 Å².